The number of halogens is 2. The topological polar surface area (TPSA) is 0 Å². The molecule has 0 amide bonds. The van der Waals surface area contributed by atoms with Crippen molar-refractivity contribution in [1.82, 2.24) is 0 Å². The molecule has 1 rings (SSSR count). The minimum absolute atomic E-state index is 0.685. The fourth-order valence-corrected chi connectivity index (χ4v) is 2.23. The van der Waals surface area contributed by atoms with Gasteiger partial charge >= 0.3 is 0 Å². The summed E-state index contributed by atoms with van der Waals surface area (Å²) >= 11 is 7.23. The molecule has 0 aromatic heterocycles. The van der Waals surface area contributed by atoms with Crippen LogP contribution in [0.25, 0.3) is 0 Å². The third-order valence-corrected chi connectivity index (χ3v) is 4.24. The van der Waals surface area contributed by atoms with Gasteiger partial charge in [0.1, 0.15) is 0 Å². The van der Waals surface area contributed by atoms with Crippen LogP contribution in [0.5, 0.6) is 0 Å². The van der Waals surface area contributed by atoms with E-state index in [0.29, 0.717) is 4.83 Å². The second-order valence-corrected chi connectivity index (χ2v) is 5.64. The summed E-state index contributed by atoms with van der Waals surface area (Å²) in [6.07, 6.45) is 4.91. The molecule has 0 spiro atoms. The van der Waals surface area contributed by atoms with Crippen LogP contribution in [-0.2, 0) is 6.42 Å². The predicted molar refractivity (Wildman–Crippen MR) is 70.1 cm³/mol. The normalized spacial score (nSPS) is 12.8. The first-order chi connectivity index (χ1) is 6.74. The minimum Gasteiger partial charge on any atom is -0.0891 e. The van der Waals surface area contributed by atoms with Gasteiger partial charge in [0.15, 0.2) is 0 Å². The molecule has 1 aromatic rings. The molecule has 0 N–H and O–H groups in total. The summed E-state index contributed by atoms with van der Waals surface area (Å²) in [6.45, 7) is 2.22. The van der Waals surface area contributed by atoms with Gasteiger partial charge in [-0.05, 0) is 37.3 Å². The Morgan fingerprint density at radius 2 is 2.00 bits per heavy atom. The average molecular weight is 320 g/mol. The van der Waals surface area contributed by atoms with Crippen LogP contribution in [0.3, 0.4) is 0 Å². The van der Waals surface area contributed by atoms with E-state index < -0.39 is 0 Å². The summed E-state index contributed by atoms with van der Waals surface area (Å²) in [7, 11) is 0. The van der Waals surface area contributed by atoms with Gasteiger partial charge in [-0.15, -0.1) is 0 Å². The maximum atomic E-state index is 3.66. The van der Waals surface area contributed by atoms with Gasteiger partial charge < -0.3 is 0 Å². The average Bonchev–Trinajstić information content (AvgIpc) is 2.20. The van der Waals surface area contributed by atoms with Crippen LogP contribution in [0.1, 0.15) is 31.7 Å². The molecule has 0 heterocycles. The van der Waals surface area contributed by atoms with Gasteiger partial charge in [-0.2, -0.15) is 0 Å². The standard InChI is InChI=1S/C12H16Br2/c1-2-11(13)8-5-7-10-6-3-4-9-12(10)14/h3-4,6,9,11H,2,5,7-8H2,1H3. The van der Waals surface area contributed by atoms with Crippen LogP contribution in [0, 0.1) is 0 Å². The van der Waals surface area contributed by atoms with Crippen molar-refractivity contribution >= 4 is 31.9 Å². The predicted octanol–water partition coefficient (Wildman–Crippen LogP) is 4.95. The third-order valence-electron chi connectivity index (χ3n) is 2.36. The van der Waals surface area contributed by atoms with Crippen molar-refractivity contribution in [2.24, 2.45) is 0 Å². The molecular weight excluding hydrogens is 304 g/mol. The number of alkyl halides is 1. The minimum atomic E-state index is 0.685. The lowest BCUT2D eigenvalue weighted by molar-refractivity contribution is 0.689. The van der Waals surface area contributed by atoms with E-state index >= 15 is 0 Å². The molecule has 0 fully saturated rings. The van der Waals surface area contributed by atoms with Crippen molar-refractivity contribution in [1.29, 1.82) is 0 Å². The van der Waals surface area contributed by atoms with Gasteiger partial charge in [0.2, 0.25) is 0 Å². The lowest BCUT2D eigenvalue weighted by Gasteiger charge is -2.07. The van der Waals surface area contributed by atoms with E-state index in [1.54, 1.807) is 0 Å². The largest absolute Gasteiger partial charge is 0.0891 e. The SMILES string of the molecule is CCC(Br)CCCc1ccccc1Br. The monoisotopic (exact) mass is 318 g/mol. The number of benzene rings is 1. The van der Waals surface area contributed by atoms with Crippen LogP contribution >= 0.6 is 31.9 Å². The number of aryl methyl sites for hydroxylation is 1. The van der Waals surface area contributed by atoms with E-state index in [-0.39, 0.29) is 0 Å². The molecule has 0 bridgehead atoms. The summed E-state index contributed by atoms with van der Waals surface area (Å²) < 4.78 is 1.24. The number of hydrogen-bond acceptors (Lipinski definition) is 0. The van der Waals surface area contributed by atoms with E-state index in [1.165, 1.54) is 35.7 Å². The van der Waals surface area contributed by atoms with Crippen LogP contribution in [-0.4, -0.2) is 4.83 Å². The highest BCUT2D eigenvalue weighted by Gasteiger charge is 2.02. The molecule has 0 saturated carbocycles. The van der Waals surface area contributed by atoms with Crippen molar-refractivity contribution in [2.45, 2.75) is 37.4 Å². The summed E-state index contributed by atoms with van der Waals surface area (Å²) in [5, 5.41) is 0. The molecule has 1 atom stereocenters. The van der Waals surface area contributed by atoms with Crippen LogP contribution < -0.4 is 0 Å². The van der Waals surface area contributed by atoms with E-state index in [1.807, 2.05) is 0 Å². The second kappa shape index (κ2) is 6.62. The molecule has 0 aliphatic heterocycles. The first kappa shape index (κ1) is 12.3. The fourth-order valence-electron chi connectivity index (χ4n) is 1.42. The number of rotatable bonds is 5. The molecule has 14 heavy (non-hydrogen) atoms. The zero-order chi connectivity index (χ0) is 10.4. The Kier molecular flexibility index (Phi) is 5.80. The molecule has 0 radical (unpaired) electrons. The number of hydrogen-bond donors (Lipinski definition) is 0. The summed E-state index contributed by atoms with van der Waals surface area (Å²) in [5.41, 5.74) is 1.42. The Hall–Kier alpha value is 0.180. The maximum Gasteiger partial charge on any atom is 0.0207 e. The highest BCUT2D eigenvalue weighted by atomic mass is 79.9. The lowest BCUT2D eigenvalue weighted by atomic mass is 10.1. The van der Waals surface area contributed by atoms with Gasteiger partial charge in [-0.1, -0.05) is 57.0 Å². The van der Waals surface area contributed by atoms with E-state index in [0.717, 1.165) is 0 Å². The third kappa shape index (κ3) is 4.14. The maximum absolute atomic E-state index is 3.66. The molecule has 1 aromatic carbocycles. The highest BCUT2D eigenvalue weighted by Crippen LogP contribution is 2.20. The Morgan fingerprint density at radius 1 is 1.29 bits per heavy atom. The van der Waals surface area contributed by atoms with Gasteiger partial charge in [0.25, 0.3) is 0 Å². The Balaban J connectivity index is 2.35. The van der Waals surface area contributed by atoms with E-state index in [9.17, 15) is 0 Å². The van der Waals surface area contributed by atoms with Gasteiger partial charge in [0, 0.05) is 9.30 Å². The molecular formula is C12H16Br2. The van der Waals surface area contributed by atoms with Crippen molar-refractivity contribution in [3.63, 3.8) is 0 Å². The van der Waals surface area contributed by atoms with Crippen molar-refractivity contribution in [3.05, 3.63) is 34.3 Å². The molecule has 0 nitrogen and oxygen atoms in total. The first-order valence-corrected chi connectivity index (χ1v) is 6.82. The first-order valence-electron chi connectivity index (χ1n) is 5.11. The molecule has 78 valence electrons. The van der Waals surface area contributed by atoms with Crippen molar-refractivity contribution < 1.29 is 0 Å². The molecule has 0 saturated heterocycles. The van der Waals surface area contributed by atoms with Crippen molar-refractivity contribution in [2.75, 3.05) is 0 Å². The van der Waals surface area contributed by atoms with Crippen molar-refractivity contribution in [3.8, 4) is 0 Å². The van der Waals surface area contributed by atoms with Crippen LogP contribution in [0.15, 0.2) is 28.7 Å². The van der Waals surface area contributed by atoms with Gasteiger partial charge in [-0.3, -0.25) is 0 Å². The Morgan fingerprint density at radius 3 is 2.64 bits per heavy atom. The quantitative estimate of drug-likeness (QED) is 0.674. The molecule has 0 aliphatic rings. The van der Waals surface area contributed by atoms with Crippen LogP contribution in [0.4, 0.5) is 0 Å². The molecule has 1 unspecified atom stereocenters. The van der Waals surface area contributed by atoms with E-state index in [2.05, 4.69) is 63.0 Å². The Bertz CT molecular complexity index is 271. The second-order valence-electron chi connectivity index (χ2n) is 3.49. The highest BCUT2D eigenvalue weighted by molar-refractivity contribution is 9.10. The van der Waals surface area contributed by atoms with E-state index in [4.69, 9.17) is 0 Å². The smallest absolute Gasteiger partial charge is 0.0207 e. The van der Waals surface area contributed by atoms with Gasteiger partial charge in [0.05, 0.1) is 0 Å². The summed E-state index contributed by atoms with van der Waals surface area (Å²) in [4.78, 5) is 0.685. The zero-order valence-corrected chi connectivity index (χ0v) is 11.6. The Labute approximate surface area is 103 Å². The van der Waals surface area contributed by atoms with Gasteiger partial charge in [-0.25, -0.2) is 0 Å². The molecule has 0 aliphatic carbocycles. The summed E-state index contributed by atoms with van der Waals surface area (Å²) in [5.74, 6) is 0. The molecule has 2 heteroatoms. The van der Waals surface area contributed by atoms with Crippen LogP contribution in [0.2, 0.25) is 0 Å². The fraction of sp³-hybridized carbons (Fsp3) is 0.500. The zero-order valence-electron chi connectivity index (χ0n) is 8.47. The summed E-state index contributed by atoms with van der Waals surface area (Å²) in [6, 6.07) is 8.47. The lowest BCUT2D eigenvalue weighted by Crippen LogP contribution is -1.96.